The van der Waals surface area contributed by atoms with Gasteiger partial charge in [0.15, 0.2) is 0 Å². The molecule has 1 atom stereocenters. The molecule has 1 amide bonds. The first-order valence-corrected chi connectivity index (χ1v) is 7.72. The molecule has 1 aliphatic carbocycles. The van der Waals surface area contributed by atoms with E-state index in [4.69, 9.17) is 10.5 Å². The quantitative estimate of drug-likeness (QED) is 0.839. The fourth-order valence-electron chi connectivity index (χ4n) is 3.25. The smallest absolute Gasteiger partial charge is 0.230 e. The summed E-state index contributed by atoms with van der Waals surface area (Å²) in [4.78, 5) is 12.7. The number of hydrogen-bond donors (Lipinski definition) is 2. The van der Waals surface area contributed by atoms with Crippen molar-refractivity contribution >= 4 is 11.6 Å². The molecule has 1 saturated heterocycles. The maximum Gasteiger partial charge on any atom is 0.230 e. The standard InChI is InChI=1S/C17H24N2O2/c1-16(2)11-14(7-10-21-16)19-15(20)17(8-9-17)12-3-5-13(18)6-4-12/h3-6,14H,7-11,18H2,1-2H3,(H,19,20). The fraction of sp³-hybridized carbons (Fsp3) is 0.588. The van der Waals surface area contributed by atoms with Crippen LogP contribution in [0.1, 0.15) is 45.1 Å². The second-order valence-electron chi connectivity index (χ2n) is 6.98. The number of rotatable bonds is 3. The van der Waals surface area contributed by atoms with E-state index in [9.17, 15) is 4.79 Å². The predicted molar refractivity (Wildman–Crippen MR) is 83.0 cm³/mol. The second-order valence-corrected chi connectivity index (χ2v) is 6.98. The summed E-state index contributed by atoms with van der Waals surface area (Å²) < 4.78 is 5.71. The lowest BCUT2D eigenvalue weighted by Gasteiger charge is -2.36. The van der Waals surface area contributed by atoms with Gasteiger partial charge < -0.3 is 15.8 Å². The Kier molecular flexibility index (Phi) is 3.44. The van der Waals surface area contributed by atoms with Crippen LogP contribution in [-0.4, -0.2) is 24.2 Å². The molecule has 1 heterocycles. The van der Waals surface area contributed by atoms with Gasteiger partial charge in [-0.1, -0.05) is 12.1 Å². The van der Waals surface area contributed by atoms with Crippen LogP contribution in [0.4, 0.5) is 5.69 Å². The molecule has 0 spiro atoms. The van der Waals surface area contributed by atoms with Crippen LogP contribution < -0.4 is 11.1 Å². The zero-order valence-corrected chi connectivity index (χ0v) is 12.8. The average Bonchev–Trinajstić information content (AvgIpc) is 3.20. The molecule has 1 aliphatic heterocycles. The number of benzene rings is 1. The molecule has 4 heteroatoms. The van der Waals surface area contributed by atoms with E-state index in [1.807, 2.05) is 24.3 Å². The zero-order chi connectivity index (χ0) is 15.1. The minimum absolute atomic E-state index is 0.145. The van der Waals surface area contributed by atoms with Crippen molar-refractivity contribution in [2.45, 2.75) is 56.6 Å². The van der Waals surface area contributed by atoms with Crippen LogP contribution in [0.2, 0.25) is 0 Å². The van der Waals surface area contributed by atoms with E-state index in [1.54, 1.807) is 0 Å². The molecule has 114 valence electrons. The second kappa shape index (κ2) is 5.02. The van der Waals surface area contributed by atoms with E-state index in [0.717, 1.165) is 36.9 Å². The highest BCUT2D eigenvalue weighted by Gasteiger charge is 2.51. The molecule has 1 saturated carbocycles. The Morgan fingerprint density at radius 1 is 1.29 bits per heavy atom. The van der Waals surface area contributed by atoms with E-state index < -0.39 is 0 Å². The van der Waals surface area contributed by atoms with E-state index >= 15 is 0 Å². The van der Waals surface area contributed by atoms with Gasteiger partial charge in [0.05, 0.1) is 11.0 Å². The van der Waals surface area contributed by atoms with Crippen LogP contribution in [0.3, 0.4) is 0 Å². The van der Waals surface area contributed by atoms with Crippen LogP contribution in [-0.2, 0) is 14.9 Å². The molecule has 2 aliphatic rings. The van der Waals surface area contributed by atoms with E-state index in [0.29, 0.717) is 6.61 Å². The molecule has 1 aromatic rings. The third-order valence-electron chi connectivity index (χ3n) is 4.68. The maximum atomic E-state index is 12.7. The molecule has 0 radical (unpaired) electrons. The molecular weight excluding hydrogens is 264 g/mol. The van der Waals surface area contributed by atoms with Crippen LogP contribution in [0.15, 0.2) is 24.3 Å². The van der Waals surface area contributed by atoms with Gasteiger partial charge in [0.25, 0.3) is 0 Å². The Hall–Kier alpha value is -1.55. The zero-order valence-electron chi connectivity index (χ0n) is 12.8. The highest BCUT2D eigenvalue weighted by Crippen LogP contribution is 2.48. The SMILES string of the molecule is CC1(C)CC(NC(=O)C2(c3ccc(N)cc3)CC2)CCO1. The summed E-state index contributed by atoms with van der Waals surface area (Å²) in [6, 6.07) is 7.93. The van der Waals surface area contributed by atoms with Crippen molar-refractivity contribution in [1.82, 2.24) is 5.32 Å². The lowest BCUT2D eigenvalue weighted by Crippen LogP contribution is -2.48. The molecule has 0 aromatic heterocycles. The number of carbonyl (C=O) groups is 1. The normalized spacial score (nSPS) is 26.1. The summed E-state index contributed by atoms with van der Waals surface area (Å²) in [5.74, 6) is 0.162. The van der Waals surface area contributed by atoms with Crippen LogP contribution in [0.25, 0.3) is 0 Å². The lowest BCUT2D eigenvalue weighted by molar-refractivity contribution is -0.126. The van der Waals surface area contributed by atoms with Gasteiger partial charge >= 0.3 is 0 Å². The molecule has 21 heavy (non-hydrogen) atoms. The topological polar surface area (TPSA) is 64.4 Å². The minimum atomic E-state index is -0.323. The van der Waals surface area contributed by atoms with Crippen LogP contribution in [0.5, 0.6) is 0 Å². The molecule has 0 bridgehead atoms. The highest BCUT2D eigenvalue weighted by molar-refractivity contribution is 5.91. The van der Waals surface area contributed by atoms with Crippen molar-refractivity contribution in [3.05, 3.63) is 29.8 Å². The van der Waals surface area contributed by atoms with Gasteiger partial charge in [-0.2, -0.15) is 0 Å². The summed E-state index contributed by atoms with van der Waals surface area (Å²) in [5, 5.41) is 3.24. The summed E-state index contributed by atoms with van der Waals surface area (Å²) in [6.07, 6.45) is 3.62. The first kappa shape index (κ1) is 14.4. The van der Waals surface area contributed by atoms with E-state index in [-0.39, 0.29) is 23.0 Å². The maximum absolute atomic E-state index is 12.7. The third-order valence-corrected chi connectivity index (χ3v) is 4.68. The largest absolute Gasteiger partial charge is 0.399 e. The van der Waals surface area contributed by atoms with Gasteiger partial charge in [0.1, 0.15) is 0 Å². The Labute approximate surface area is 126 Å². The Bertz CT molecular complexity index is 532. The number of nitrogens with two attached hydrogens (primary N) is 1. The summed E-state index contributed by atoms with van der Waals surface area (Å²) in [7, 11) is 0. The number of anilines is 1. The molecule has 1 unspecified atom stereocenters. The predicted octanol–water partition coefficient (Wildman–Crippen LogP) is 2.37. The number of hydrogen-bond acceptors (Lipinski definition) is 3. The van der Waals surface area contributed by atoms with Crippen molar-refractivity contribution < 1.29 is 9.53 Å². The fourth-order valence-corrected chi connectivity index (χ4v) is 3.25. The van der Waals surface area contributed by atoms with Gasteiger partial charge in [-0.15, -0.1) is 0 Å². The number of nitrogens with one attached hydrogen (secondary N) is 1. The van der Waals surface area contributed by atoms with Crippen molar-refractivity contribution in [1.29, 1.82) is 0 Å². The Morgan fingerprint density at radius 3 is 2.52 bits per heavy atom. The third kappa shape index (κ3) is 2.91. The first-order valence-electron chi connectivity index (χ1n) is 7.72. The first-order chi connectivity index (χ1) is 9.91. The average molecular weight is 288 g/mol. The highest BCUT2D eigenvalue weighted by atomic mass is 16.5. The summed E-state index contributed by atoms with van der Waals surface area (Å²) in [5.41, 5.74) is 7.08. The van der Waals surface area contributed by atoms with Crippen LogP contribution in [0, 0.1) is 0 Å². The molecule has 4 nitrogen and oxygen atoms in total. The van der Waals surface area contributed by atoms with Crippen LogP contribution >= 0.6 is 0 Å². The number of ether oxygens (including phenoxy) is 1. The van der Waals surface area contributed by atoms with E-state index in [1.165, 1.54) is 0 Å². The van der Waals surface area contributed by atoms with Crippen molar-refractivity contribution in [3.63, 3.8) is 0 Å². The molecule has 3 N–H and O–H groups in total. The Balaban J connectivity index is 1.69. The molecule has 2 fully saturated rings. The number of carbonyl (C=O) groups excluding carboxylic acids is 1. The molecule has 1 aromatic carbocycles. The van der Waals surface area contributed by atoms with Gasteiger partial charge in [0.2, 0.25) is 5.91 Å². The van der Waals surface area contributed by atoms with Gasteiger partial charge in [-0.3, -0.25) is 4.79 Å². The van der Waals surface area contributed by atoms with Crippen molar-refractivity contribution in [2.75, 3.05) is 12.3 Å². The van der Waals surface area contributed by atoms with Crippen molar-refractivity contribution in [2.24, 2.45) is 0 Å². The number of nitrogen functional groups attached to an aromatic ring is 1. The summed E-state index contributed by atoms with van der Waals surface area (Å²) >= 11 is 0. The molecular formula is C17H24N2O2. The monoisotopic (exact) mass is 288 g/mol. The minimum Gasteiger partial charge on any atom is -0.399 e. The van der Waals surface area contributed by atoms with Gasteiger partial charge in [-0.25, -0.2) is 0 Å². The van der Waals surface area contributed by atoms with Gasteiger partial charge in [-0.05, 0) is 57.2 Å². The van der Waals surface area contributed by atoms with E-state index in [2.05, 4.69) is 19.2 Å². The van der Waals surface area contributed by atoms with Crippen molar-refractivity contribution in [3.8, 4) is 0 Å². The van der Waals surface area contributed by atoms with Gasteiger partial charge in [0, 0.05) is 18.3 Å². The number of amides is 1. The lowest BCUT2D eigenvalue weighted by atomic mass is 9.91. The Morgan fingerprint density at radius 2 is 1.95 bits per heavy atom. The molecule has 3 rings (SSSR count). The summed E-state index contributed by atoms with van der Waals surface area (Å²) in [6.45, 7) is 4.88.